The number of hydrogen-bond acceptors (Lipinski definition) is 7. The number of amides is 1. The molecule has 3 heterocycles. The number of fused-ring (bicyclic) bond motifs is 1. The molecule has 0 unspecified atom stereocenters. The van der Waals surface area contributed by atoms with Crippen LogP contribution in [0.3, 0.4) is 0 Å². The Kier molecular flexibility index (Phi) is 6.26. The van der Waals surface area contributed by atoms with Gasteiger partial charge in [-0.25, -0.2) is 15.0 Å². The van der Waals surface area contributed by atoms with Crippen LogP contribution < -0.4 is 10.3 Å². The minimum absolute atomic E-state index is 0.0451. The van der Waals surface area contributed by atoms with Gasteiger partial charge in [0.1, 0.15) is 16.5 Å². The van der Waals surface area contributed by atoms with Crippen molar-refractivity contribution in [2.24, 2.45) is 0 Å². The predicted molar refractivity (Wildman–Crippen MR) is 123 cm³/mol. The number of carbonyl (C=O) groups excluding carboxylic acids is 1. The molecule has 2 aromatic heterocycles. The number of hydrogen-bond donors (Lipinski definition) is 1. The Morgan fingerprint density at radius 3 is 2.63 bits per heavy atom. The van der Waals surface area contributed by atoms with E-state index >= 15 is 0 Å². The van der Waals surface area contributed by atoms with Crippen molar-refractivity contribution in [2.75, 3.05) is 51.7 Å². The van der Waals surface area contributed by atoms with Crippen LogP contribution in [0.2, 0.25) is 0 Å². The van der Waals surface area contributed by atoms with Gasteiger partial charge in [-0.05, 0) is 25.6 Å². The highest BCUT2D eigenvalue weighted by atomic mass is 32.1. The molecule has 0 aliphatic carbocycles. The molecule has 1 N–H and O–H groups in total. The van der Waals surface area contributed by atoms with E-state index in [1.54, 1.807) is 11.3 Å². The van der Waals surface area contributed by atoms with E-state index in [2.05, 4.69) is 50.4 Å². The number of carbonyl (C=O) groups is 1. The van der Waals surface area contributed by atoms with E-state index in [4.69, 9.17) is 0 Å². The lowest BCUT2D eigenvalue weighted by Gasteiger charge is -2.32. The number of benzene rings is 1. The molecule has 0 spiro atoms. The number of nitrogens with one attached hydrogen (secondary N) is 1. The van der Waals surface area contributed by atoms with E-state index in [1.807, 2.05) is 37.2 Å². The summed E-state index contributed by atoms with van der Waals surface area (Å²) in [5.41, 5.74) is 4.21. The fourth-order valence-corrected chi connectivity index (χ4v) is 4.65. The van der Waals surface area contributed by atoms with E-state index in [-0.39, 0.29) is 5.91 Å². The van der Waals surface area contributed by atoms with Crippen LogP contribution in [0.1, 0.15) is 12.2 Å². The summed E-state index contributed by atoms with van der Waals surface area (Å²) >= 11 is 1.68. The van der Waals surface area contributed by atoms with Crippen molar-refractivity contribution in [3.05, 3.63) is 42.2 Å². The second kappa shape index (κ2) is 9.07. The van der Waals surface area contributed by atoms with Crippen molar-refractivity contribution in [1.82, 2.24) is 25.3 Å². The van der Waals surface area contributed by atoms with Gasteiger partial charge < -0.3 is 9.80 Å². The van der Waals surface area contributed by atoms with Gasteiger partial charge in [-0.1, -0.05) is 30.3 Å². The van der Waals surface area contributed by atoms with Gasteiger partial charge in [0.15, 0.2) is 0 Å². The van der Waals surface area contributed by atoms with Gasteiger partial charge in [0.2, 0.25) is 5.91 Å². The molecule has 1 aliphatic heterocycles. The molecule has 1 amide bonds. The molecule has 0 radical (unpaired) electrons. The summed E-state index contributed by atoms with van der Waals surface area (Å²) in [5, 5.41) is 3.05. The first-order valence-electron chi connectivity index (χ1n) is 10.3. The SMILES string of the molecule is Cc1nc(N(C)CCC(=O)NN2CCN(C)CC2)c2cc(-c3ccccc3)sc2n1. The number of nitrogens with zero attached hydrogens (tertiary/aromatic N) is 5. The quantitative estimate of drug-likeness (QED) is 0.657. The van der Waals surface area contributed by atoms with Crippen molar-refractivity contribution in [2.45, 2.75) is 13.3 Å². The van der Waals surface area contributed by atoms with Crippen molar-refractivity contribution in [3.63, 3.8) is 0 Å². The van der Waals surface area contributed by atoms with Crippen LogP contribution in [0.4, 0.5) is 5.82 Å². The molecular formula is C22H28N6OS. The van der Waals surface area contributed by atoms with Crippen molar-refractivity contribution in [1.29, 1.82) is 0 Å². The Balaban J connectivity index is 1.45. The maximum atomic E-state index is 12.4. The molecule has 1 fully saturated rings. The molecule has 0 bridgehead atoms. The normalized spacial score (nSPS) is 15.4. The standard InChI is InChI=1S/C22H28N6OS/c1-16-23-21(18-15-19(30-22(18)24-16)17-7-5-4-6-8-17)27(3)10-9-20(29)25-28-13-11-26(2)12-14-28/h4-8,15H,9-14H2,1-3H3,(H,25,29). The summed E-state index contributed by atoms with van der Waals surface area (Å²) in [7, 11) is 4.09. The summed E-state index contributed by atoms with van der Waals surface area (Å²) in [4.78, 5) is 28.2. The van der Waals surface area contributed by atoms with Gasteiger partial charge in [-0.15, -0.1) is 11.3 Å². The average Bonchev–Trinajstić information content (AvgIpc) is 3.17. The van der Waals surface area contributed by atoms with Crippen LogP contribution in [0, 0.1) is 6.92 Å². The first kappa shape index (κ1) is 20.7. The van der Waals surface area contributed by atoms with Crippen LogP contribution in [-0.4, -0.2) is 72.6 Å². The van der Waals surface area contributed by atoms with E-state index in [0.717, 1.165) is 48.0 Å². The number of aryl methyl sites for hydroxylation is 1. The number of likely N-dealkylation sites (N-methyl/N-ethyl adjacent to an activating group) is 1. The van der Waals surface area contributed by atoms with Gasteiger partial charge in [-0.2, -0.15) is 0 Å². The molecule has 30 heavy (non-hydrogen) atoms. The number of thiophene rings is 1. The molecular weight excluding hydrogens is 396 g/mol. The highest BCUT2D eigenvalue weighted by molar-refractivity contribution is 7.21. The highest BCUT2D eigenvalue weighted by Crippen LogP contribution is 2.36. The van der Waals surface area contributed by atoms with E-state index in [1.165, 1.54) is 10.4 Å². The number of piperazine rings is 1. The summed E-state index contributed by atoms with van der Waals surface area (Å²) in [5.74, 6) is 1.67. The van der Waals surface area contributed by atoms with Crippen molar-refractivity contribution >= 4 is 33.3 Å². The fraction of sp³-hybridized carbons (Fsp3) is 0.409. The largest absolute Gasteiger partial charge is 0.359 e. The molecule has 1 aliphatic rings. The second-order valence-electron chi connectivity index (χ2n) is 7.79. The molecule has 158 valence electrons. The van der Waals surface area contributed by atoms with Crippen LogP contribution in [0.15, 0.2) is 36.4 Å². The Hall–Kier alpha value is -2.55. The zero-order chi connectivity index (χ0) is 21.1. The Labute approximate surface area is 181 Å². The lowest BCUT2D eigenvalue weighted by atomic mass is 10.2. The maximum Gasteiger partial charge on any atom is 0.236 e. The van der Waals surface area contributed by atoms with Crippen LogP contribution in [0.5, 0.6) is 0 Å². The van der Waals surface area contributed by atoms with Crippen LogP contribution >= 0.6 is 11.3 Å². The Morgan fingerprint density at radius 2 is 1.90 bits per heavy atom. The minimum Gasteiger partial charge on any atom is -0.359 e. The topological polar surface area (TPSA) is 64.6 Å². The lowest BCUT2D eigenvalue weighted by molar-refractivity contribution is -0.126. The van der Waals surface area contributed by atoms with Crippen molar-refractivity contribution < 1.29 is 4.79 Å². The number of rotatable bonds is 6. The maximum absolute atomic E-state index is 12.4. The predicted octanol–water partition coefficient (Wildman–Crippen LogP) is 2.77. The zero-order valence-corrected chi connectivity index (χ0v) is 18.6. The van der Waals surface area contributed by atoms with Gasteiger partial charge in [0.05, 0.1) is 5.39 Å². The molecule has 0 atom stereocenters. The van der Waals surface area contributed by atoms with Crippen molar-refractivity contribution in [3.8, 4) is 10.4 Å². The lowest BCUT2D eigenvalue weighted by Crippen LogP contribution is -2.52. The van der Waals surface area contributed by atoms with Gasteiger partial charge in [0.25, 0.3) is 0 Å². The van der Waals surface area contributed by atoms with E-state index in [0.29, 0.717) is 13.0 Å². The Bertz CT molecular complexity index is 1010. The molecule has 0 saturated carbocycles. The highest BCUT2D eigenvalue weighted by Gasteiger charge is 2.18. The third-order valence-corrected chi connectivity index (χ3v) is 6.44. The number of aromatic nitrogens is 2. The minimum atomic E-state index is 0.0451. The zero-order valence-electron chi connectivity index (χ0n) is 17.8. The van der Waals surface area contributed by atoms with E-state index in [9.17, 15) is 4.79 Å². The summed E-state index contributed by atoms with van der Waals surface area (Å²) in [6, 6.07) is 12.5. The first-order valence-corrected chi connectivity index (χ1v) is 11.1. The molecule has 1 saturated heterocycles. The third-order valence-electron chi connectivity index (χ3n) is 5.36. The molecule has 7 nitrogen and oxygen atoms in total. The summed E-state index contributed by atoms with van der Waals surface area (Å²) in [6.07, 6.45) is 0.420. The number of hydrazine groups is 1. The monoisotopic (exact) mass is 424 g/mol. The first-order chi connectivity index (χ1) is 14.5. The summed E-state index contributed by atoms with van der Waals surface area (Å²) in [6.45, 7) is 6.18. The molecule has 4 rings (SSSR count). The second-order valence-corrected chi connectivity index (χ2v) is 8.82. The summed E-state index contributed by atoms with van der Waals surface area (Å²) < 4.78 is 0. The van der Waals surface area contributed by atoms with Gasteiger partial charge >= 0.3 is 0 Å². The molecule has 3 aromatic rings. The van der Waals surface area contributed by atoms with Gasteiger partial charge in [0, 0.05) is 51.1 Å². The van der Waals surface area contributed by atoms with E-state index < -0.39 is 0 Å². The molecule has 8 heteroatoms. The van der Waals surface area contributed by atoms with Crippen LogP contribution in [0.25, 0.3) is 20.7 Å². The third kappa shape index (κ3) is 4.77. The number of anilines is 1. The fourth-order valence-electron chi connectivity index (χ4n) is 3.57. The van der Waals surface area contributed by atoms with Gasteiger partial charge in [-0.3, -0.25) is 10.2 Å². The smallest absolute Gasteiger partial charge is 0.236 e. The van der Waals surface area contributed by atoms with Crippen LogP contribution in [-0.2, 0) is 4.79 Å². The average molecular weight is 425 g/mol. The molecule has 1 aromatic carbocycles. The Morgan fingerprint density at radius 1 is 1.17 bits per heavy atom.